The van der Waals surface area contributed by atoms with E-state index in [-0.39, 0.29) is 5.56 Å². The zero-order chi connectivity index (χ0) is 13.5. The van der Waals surface area contributed by atoms with Crippen LogP contribution in [0.25, 0.3) is 0 Å². The molecule has 5 heteroatoms. The van der Waals surface area contributed by atoms with Crippen LogP contribution < -0.4 is 10.9 Å². The highest BCUT2D eigenvalue weighted by molar-refractivity contribution is 9.10. The van der Waals surface area contributed by atoms with E-state index in [9.17, 15) is 4.79 Å². The highest BCUT2D eigenvalue weighted by Gasteiger charge is 2.40. The Morgan fingerprint density at radius 1 is 1.53 bits per heavy atom. The van der Waals surface area contributed by atoms with Gasteiger partial charge in [0.05, 0.1) is 11.9 Å². The Morgan fingerprint density at radius 3 is 2.84 bits per heavy atom. The topological polar surface area (TPSA) is 46.9 Å². The lowest BCUT2D eigenvalue weighted by Crippen LogP contribution is -2.26. The molecule has 0 atom stereocenters. The second-order valence-corrected chi connectivity index (χ2v) is 6.80. The lowest BCUT2D eigenvalue weighted by atomic mass is 10.0. The molecule has 0 amide bonds. The van der Waals surface area contributed by atoms with Crippen LogP contribution in [0.5, 0.6) is 0 Å². The van der Waals surface area contributed by atoms with E-state index in [1.165, 1.54) is 32.1 Å². The summed E-state index contributed by atoms with van der Waals surface area (Å²) < 4.78 is 2.20. The number of anilines is 1. The fraction of sp³-hybridized carbons (Fsp3) is 0.714. The lowest BCUT2D eigenvalue weighted by Gasteiger charge is -2.15. The van der Waals surface area contributed by atoms with Crippen LogP contribution in [-0.2, 0) is 6.54 Å². The van der Waals surface area contributed by atoms with Crippen LogP contribution in [0.2, 0.25) is 0 Å². The second kappa shape index (κ2) is 4.93. The number of hydrogen-bond donors (Lipinski definition) is 1. The van der Waals surface area contributed by atoms with Gasteiger partial charge in [0.25, 0.3) is 5.56 Å². The third kappa shape index (κ3) is 2.86. The maximum Gasteiger partial charge on any atom is 0.283 e. The first-order chi connectivity index (χ1) is 9.13. The summed E-state index contributed by atoms with van der Waals surface area (Å²) in [4.78, 5) is 12.2. The molecule has 0 unspecified atom stereocenters. The Bertz CT molecular complexity index is 532. The van der Waals surface area contributed by atoms with Gasteiger partial charge in [0.2, 0.25) is 0 Å². The molecule has 2 saturated carbocycles. The van der Waals surface area contributed by atoms with Crippen molar-refractivity contribution in [3.8, 4) is 0 Å². The minimum atomic E-state index is -0.0155. The highest BCUT2D eigenvalue weighted by atomic mass is 79.9. The smallest absolute Gasteiger partial charge is 0.283 e. The number of hydrogen-bond acceptors (Lipinski definition) is 3. The molecule has 4 nitrogen and oxygen atoms in total. The van der Waals surface area contributed by atoms with Crippen molar-refractivity contribution in [1.82, 2.24) is 9.78 Å². The van der Waals surface area contributed by atoms with Crippen LogP contribution >= 0.6 is 15.9 Å². The number of rotatable bonds is 6. The number of nitrogens with zero attached hydrogens (tertiary/aromatic N) is 2. The van der Waals surface area contributed by atoms with Crippen molar-refractivity contribution in [2.24, 2.45) is 11.3 Å². The summed E-state index contributed by atoms with van der Waals surface area (Å²) in [6, 6.07) is 0. The molecule has 0 bridgehead atoms. The van der Waals surface area contributed by atoms with E-state index in [4.69, 9.17) is 0 Å². The normalized spacial score (nSPS) is 20.3. The van der Waals surface area contributed by atoms with E-state index < -0.39 is 0 Å². The van der Waals surface area contributed by atoms with Crippen molar-refractivity contribution in [2.45, 2.75) is 45.6 Å². The van der Waals surface area contributed by atoms with Crippen molar-refractivity contribution in [1.29, 1.82) is 0 Å². The molecular formula is C14H20BrN3O. The molecule has 0 aromatic carbocycles. The summed E-state index contributed by atoms with van der Waals surface area (Å²) >= 11 is 3.42. The van der Waals surface area contributed by atoms with Crippen molar-refractivity contribution in [2.75, 3.05) is 11.9 Å². The third-order valence-electron chi connectivity index (χ3n) is 4.47. The molecule has 1 aromatic heterocycles. The molecule has 0 saturated heterocycles. The van der Waals surface area contributed by atoms with Gasteiger partial charge >= 0.3 is 0 Å². The van der Waals surface area contributed by atoms with Crippen molar-refractivity contribution in [3.63, 3.8) is 0 Å². The molecule has 3 rings (SSSR count). The minimum Gasteiger partial charge on any atom is -0.382 e. The second-order valence-electron chi connectivity index (χ2n) is 6.01. The number of aromatic nitrogens is 2. The predicted molar refractivity (Wildman–Crippen MR) is 79.4 cm³/mol. The molecular weight excluding hydrogens is 306 g/mol. The van der Waals surface area contributed by atoms with Gasteiger partial charge in [-0.25, -0.2) is 4.68 Å². The standard InChI is InChI=1S/C14H20BrN3O/c1-2-14(5-6-14)9-16-11-7-17-18(8-10-3-4-10)13(19)12(11)15/h7,10,16H,2-6,8-9H2,1H3. The summed E-state index contributed by atoms with van der Waals surface area (Å²) in [5.74, 6) is 0.658. The molecule has 19 heavy (non-hydrogen) atoms. The van der Waals surface area contributed by atoms with Crippen LogP contribution in [-0.4, -0.2) is 16.3 Å². The Morgan fingerprint density at radius 2 is 2.26 bits per heavy atom. The molecule has 1 aromatic rings. The van der Waals surface area contributed by atoms with Crippen LogP contribution in [0, 0.1) is 11.3 Å². The fourth-order valence-electron chi connectivity index (χ4n) is 2.38. The van der Waals surface area contributed by atoms with Gasteiger partial charge < -0.3 is 5.32 Å². The Labute approximate surface area is 121 Å². The summed E-state index contributed by atoms with van der Waals surface area (Å²) in [5.41, 5.74) is 1.28. The van der Waals surface area contributed by atoms with Crippen LogP contribution in [0.15, 0.2) is 15.5 Å². The predicted octanol–water partition coefficient (Wildman–Crippen LogP) is 3.02. The Hall–Kier alpha value is -0.840. The monoisotopic (exact) mass is 325 g/mol. The first-order valence-corrected chi connectivity index (χ1v) is 7.92. The molecule has 2 aliphatic carbocycles. The molecule has 104 valence electrons. The Balaban J connectivity index is 1.71. The third-order valence-corrected chi connectivity index (χ3v) is 5.24. The lowest BCUT2D eigenvalue weighted by molar-refractivity contribution is 0.517. The van der Waals surface area contributed by atoms with E-state index in [2.05, 4.69) is 33.3 Å². The molecule has 1 heterocycles. The minimum absolute atomic E-state index is 0.0155. The van der Waals surface area contributed by atoms with Gasteiger partial charge in [-0.2, -0.15) is 5.10 Å². The molecule has 2 fully saturated rings. The average Bonchev–Trinajstić information content (AvgIpc) is 3.30. The van der Waals surface area contributed by atoms with E-state index in [1.807, 2.05) is 0 Å². The van der Waals surface area contributed by atoms with E-state index >= 15 is 0 Å². The highest BCUT2D eigenvalue weighted by Crippen LogP contribution is 2.48. The molecule has 0 radical (unpaired) electrons. The molecule has 1 N–H and O–H groups in total. The average molecular weight is 326 g/mol. The summed E-state index contributed by atoms with van der Waals surface area (Å²) in [6.45, 7) is 3.93. The number of halogens is 1. The van der Waals surface area contributed by atoms with Crippen LogP contribution in [0.3, 0.4) is 0 Å². The van der Waals surface area contributed by atoms with Crippen LogP contribution in [0.4, 0.5) is 5.69 Å². The SMILES string of the molecule is CCC1(CNc2cnn(CC3CC3)c(=O)c2Br)CC1. The first kappa shape index (κ1) is 13.2. The van der Waals surface area contributed by atoms with Crippen molar-refractivity contribution < 1.29 is 0 Å². The molecule has 0 spiro atoms. The van der Waals surface area contributed by atoms with E-state index in [1.54, 1.807) is 10.9 Å². The maximum absolute atomic E-state index is 12.2. The van der Waals surface area contributed by atoms with Crippen LogP contribution in [0.1, 0.15) is 39.0 Å². The van der Waals surface area contributed by atoms with Gasteiger partial charge in [-0.05, 0) is 59.4 Å². The van der Waals surface area contributed by atoms with Gasteiger partial charge in [-0.1, -0.05) is 6.92 Å². The number of nitrogens with one attached hydrogen (secondary N) is 1. The summed E-state index contributed by atoms with van der Waals surface area (Å²) in [6.07, 6.45) is 8.01. The largest absolute Gasteiger partial charge is 0.382 e. The fourth-order valence-corrected chi connectivity index (χ4v) is 2.83. The van der Waals surface area contributed by atoms with E-state index in [0.29, 0.717) is 15.8 Å². The summed E-state index contributed by atoms with van der Waals surface area (Å²) in [5, 5.41) is 7.66. The van der Waals surface area contributed by atoms with E-state index in [0.717, 1.165) is 18.8 Å². The molecule has 0 aliphatic heterocycles. The van der Waals surface area contributed by atoms with Gasteiger partial charge in [-0.3, -0.25) is 4.79 Å². The zero-order valence-electron chi connectivity index (χ0n) is 11.3. The zero-order valence-corrected chi connectivity index (χ0v) is 12.9. The summed E-state index contributed by atoms with van der Waals surface area (Å²) in [7, 11) is 0. The first-order valence-electron chi connectivity index (χ1n) is 7.13. The van der Waals surface area contributed by atoms with Gasteiger partial charge in [0.1, 0.15) is 4.47 Å². The van der Waals surface area contributed by atoms with Gasteiger partial charge in [0.15, 0.2) is 0 Å². The van der Waals surface area contributed by atoms with Crippen molar-refractivity contribution in [3.05, 3.63) is 21.0 Å². The van der Waals surface area contributed by atoms with Crippen molar-refractivity contribution >= 4 is 21.6 Å². The Kier molecular flexibility index (Phi) is 3.41. The maximum atomic E-state index is 12.2. The van der Waals surface area contributed by atoms with Gasteiger partial charge in [-0.15, -0.1) is 0 Å². The van der Waals surface area contributed by atoms with Gasteiger partial charge in [0, 0.05) is 13.1 Å². The quantitative estimate of drug-likeness (QED) is 0.874. The molecule has 2 aliphatic rings.